The summed E-state index contributed by atoms with van der Waals surface area (Å²) >= 11 is 5.98. The van der Waals surface area contributed by atoms with E-state index in [0.29, 0.717) is 17.3 Å². The number of nitrogens with zero attached hydrogens (tertiary/aromatic N) is 2. The van der Waals surface area contributed by atoms with Gasteiger partial charge in [0.05, 0.1) is 5.92 Å². The van der Waals surface area contributed by atoms with Crippen molar-refractivity contribution in [3.8, 4) is 11.8 Å². The lowest BCUT2D eigenvalue weighted by molar-refractivity contribution is -0.0179. The fourth-order valence-corrected chi connectivity index (χ4v) is 3.71. The number of oxime groups is 1. The van der Waals surface area contributed by atoms with Crippen molar-refractivity contribution in [2.75, 3.05) is 6.54 Å². The fraction of sp³-hybridized carbons (Fsp3) is 0.474. The highest BCUT2D eigenvalue weighted by molar-refractivity contribution is 6.30. The standard InChI is InChI=1S/C19H21ClN2O3/c1-19(2,3)10-13-11-22(18(23)24)17-16(13)15(21-25-17)8-7-12-5-4-6-14(20)9-12/h4-6,9,13,16-17H,10-11H2,1-3H3,(H,23,24). The van der Waals surface area contributed by atoms with Gasteiger partial charge in [0.25, 0.3) is 0 Å². The lowest BCUT2D eigenvalue weighted by Gasteiger charge is -2.24. The Morgan fingerprint density at radius 1 is 1.44 bits per heavy atom. The summed E-state index contributed by atoms with van der Waals surface area (Å²) < 4.78 is 0. The average Bonchev–Trinajstić information content (AvgIpc) is 3.05. The van der Waals surface area contributed by atoms with Gasteiger partial charge in [-0.05, 0) is 41.9 Å². The molecule has 1 aromatic rings. The molecule has 3 rings (SSSR count). The first kappa shape index (κ1) is 17.6. The molecule has 1 N–H and O–H groups in total. The summed E-state index contributed by atoms with van der Waals surface area (Å²) in [5, 5.41) is 14.1. The highest BCUT2D eigenvalue weighted by Crippen LogP contribution is 2.41. The summed E-state index contributed by atoms with van der Waals surface area (Å²) in [6.07, 6.45) is -0.682. The molecule has 3 atom stereocenters. The number of halogens is 1. The van der Waals surface area contributed by atoms with Crippen molar-refractivity contribution in [3.63, 3.8) is 0 Å². The number of rotatable bonds is 1. The average molecular weight is 361 g/mol. The van der Waals surface area contributed by atoms with E-state index in [9.17, 15) is 9.90 Å². The molecule has 1 aromatic carbocycles. The molecule has 1 amide bonds. The van der Waals surface area contributed by atoms with Crippen molar-refractivity contribution in [1.82, 2.24) is 4.90 Å². The maximum absolute atomic E-state index is 11.5. The smallest absolute Gasteiger partial charge is 0.410 e. The van der Waals surface area contributed by atoms with Crippen molar-refractivity contribution in [2.45, 2.75) is 33.4 Å². The summed E-state index contributed by atoms with van der Waals surface area (Å²) in [5.41, 5.74) is 1.49. The van der Waals surface area contributed by atoms with Crippen LogP contribution in [0.25, 0.3) is 0 Å². The number of fused-ring (bicyclic) bond motifs is 1. The molecule has 0 saturated carbocycles. The fourth-order valence-electron chi connectivity index (χ4n) is 3.52. The van der Waals surface area contributed by atoms with E-state index in [2.05, 4.69) is 37.8 Å². The molecule has 3 unspecified atom stereocenters. The minimum absolute atomic E-state index is 0.0812. The predicted molar refractivity (Wildman–Crippen MR) is 96.4 cm³/mol. The molecule has 1 saturated heterocycles. The van der Waals surface area contributed by atoms with Gasteiger partial charge in [-0.1, -0.05) is 49.5 Å². The Bertz CT molecular complexity index is 773. The molecule has 0 aromatic heterocycles. The van der Waals surface area contributed by atoms with Gasteiger partial charge in [-0.25, -0.2) is 4.79 Å². The highest BCUT2D eigenvalue weighted by Gasteiger charge is 2.52. The minimum atomic E-state index is -0.981. The molecular formula is C19H21ClN2O3. The van der Waals surface area contributed by atoms with Crippen LogP contribution in [-0.4, -0.2) is 34.6 Å². The molecule has 0 spiro atoms. The first-order valence-electron chi connectivity index (χ1n) is 8.25. The number of carboxylic acid groups (broad SMARTS) is 1. The Kier molecular flexibility index (Phi) is 4.66. The van der Waals surface area contributed by atoms with Crippen molar-refractivity contribution in [3.05, 3.63) is 34.9 Å². The van der Waals surface area contributed by atoms with Gasteiger partial charge in [0.15, 0.2) is 0 Å². The summed E-state index contributed by atoms with van der Waals surface area (Å²) in [7, 11) is 0. The van der Waals surface area contributed by atoms with Crippen LogP contribution in [0.15, 0.2) is 29.4 Å². The Morgan fingerprint density at radius 3 is 2.84 bits per heavy atom. The summed E-state index contributed by atoms with van der Waals surface area (Å²) in [6, 6.07) is 7.29. The molecule has 2 aliphatic rings. The van der Waals surface area contributed by atoms with Gasteiger partial charge in [-0.3, -0.25) is 4.90 Å². The van der Waals surface area contributed by atoms with E-state index in [1.54, 1.807) is 12.1 Å². The van der Waals surface area contributed by atoms with E-state index in [1.807, 2.05) is 12.1 Å². The van der Waals surface area contributed by atoms with Crippen LogP contribution >= 0.6 is 11.6 Å². The third-order valence-electron chi connectivity index (χ3n) is 4.41. The van der Waals surface area contributed by atoms with Gasteiger partial charge in [0.1, 0.15) is 5.71 Å². The molecule has 1 fully saturated rings. The van der Waals surface area contributed by atoms with Crippen LogP contribution in [0.3, 0.4) is 0 Å². The molecule has 132 valence electrons. The van der Waals surface area contributed by atoms with Crippen molar-refractivity contribution in [1.29, 1.82) is 0 Å². The van der Waals surface area contributed by atoms with Crippen LogP contribution in [0.2, 0.25) is 5.02 Å². The number of benzene rings is 1. The molecule has 0 bridgehead atoms. The third-order valence-corrected chi connectivity index (χ3v) is 4.64. The highest BCUT2D eigenvalue weighted by atomic mass is 35.5. The molecular weight excluding hydrogens is 340 g/mol. The second-order valence-electron chi connectivity index (χ2n) is 7.72. The van der Waals surface area contributed by atoms with Crippen LogP contribution in [0.5, 0.6) is 0 Å². The topological polar surface area (TPSA) is 62.1 Å². The Balaban J connectivity index is 1.86. The van der Waals surface area contributed by atoms with E-state index >= 15 is 0 Å². The van der Waals surface area contributed by atoms with Gasteiger partial charge < -0.3 is 9.94 Å². The quantitative estimate of drug-likeness (QED) is 0.768. The Morgan fingerprint density at radius 2 is 2.20 bits per heavy atom. The van der Waals surface area contributed by atoms with Crippen LogP contribution in [-0.2, 0) is 4.84 Å². The SMILES string of the molecule is CC(C)(C)CC1CN(C(=O)O)C2ON=C(C#Cc3cccc(Cl)c3)C12. The largest absolute Gasteiger partial charge is 0.465 e. The lowest BCUT2D eigenvalue weighted by atomic mass is 9.78. The maximum Gasteiger partial charge on any atom is 0.410 e. The van der Waals surface area contributed by atoms with Crippen molar-refractivity contribution < 1.29 is 14.7 Å². The van der Waals surface area contributed by atoms with E-state index in [0.717, 1.165) is 12.0 Å². The van der Waals surface area contributed by atoms with Gasteiger partial charge in [0, 0.05) is 17.1 Å². The number of amides is 1. The van der Waals surface area contributed by atoms with Gasteiger partial charge in [-0.2, -0.15) is 0 Å². The van der Waals surface area contributed by atoms with Gasteiger partial charge in [0.2, 0.25) is 6.23 Å². The predicted octanol–water partition coefficient (Wildman–Crippen LogP) is 4.07. The van der Waals surface area contributed by atoms with E-state index < -0.39 is 12.3 Å². The van der Waals surface area contributed by atoms with Crippen LogP contribution in [0.1, 0.15) is 32.8 Å². The molecule has 0 radical (unpaired) electrons. The second kappa shape index (κ2) is 6.61. The van der Waals surface area contributed by atoms with Crippen molar-refractivity contribution in [2.24, 2.45) is 22.4 Å². The molecule has 6 heteroatoms. The van der Waals surface area contributed by atoms with Crippen LogP contribution in [0, 0.1) is 29.1 Å². The lowest BCUT2D eigenvalue weighted by Crippen LogP contribution is -2.36. The molecule has 2 heterocycles. The van der Waals surface area contributed by atoms with Crippen LogP contribution < -0.4 is 0 Å². The molecule has 0 aliphatic carbocycles. The summed E-state index contributed by atoms with van der Waals surface area (Å²) in [6.45, 7) is 6.89. The molecule has 2 aliphatic heterocycles. The maximum atomic E-state index is 11.5. The number of carbonyl (C=O) groups is 1. The Hall–Kier alpha value is -2.19. The zero-order valence-corrected chi connectivity index (χ0v) is 15.2. The number of likely N-dealkylation sites (tertiary alicyclic amines) is 1. The Labute approximate surface area is 152 Å². The first-order valence-corrected chi connectivity index (χ1v) is 8.63. The number of hydrogen-bond donors (Lipinski definition) is 1. The zero-order chi connectivity index (χ0) is 18.2. The monoisotopic (exact) mass is 360 g/mol. The zero-order valence-electron chi connectivity index (χ0n) is 14.5. The minimum Gasteiger partial charge on any atom is -0.465 e. The van der Waals surface area contributed by atoms with E-state index in [4.69, 9.17) is 16.4 Å². The van der Waals surface area contributed by atoms with E-state index in [-0.39, 0.29) is 17.3 Å². The third kappa shape index (κ3) is 3.91. The first-order chi connectivity index (χ1) is 11.7. The van der Waals surface area contributed by atoms with Crippen molar-refractivity contribution >= 4 is 23.4 Å². The number of hydrogen-bond acceptors (Lipinski definition) is 3. The van der Waals surface area contributed by atoms with E-state index in [1.165, 1.54) is 4.90 Å². The summed E-state index contributed by atoms with van der Waals surface area (Å²) in [4.78, 5) is 18.3. The van der Waals surface area contributed by atoms with Gasteiger partial charge >= 0.3 is 6.09 Å². The van der Waals surface area contributed by atoms with Crippen LogP contribution in [0.4, 0.5) is 4.79 Å². The molecule has 25 heavy (non-hydrogen) atoms. The normalized spacial score (nSPS) is 24.9. The second-order valence-corrected chi connectivity index (χ2v) is 8.15. The van der Waals surface area contributed by atoms with Gasteiger partial charge in [-0.15, -0.1) is 0 Å². The molecule has 5 nitrogen and oxygen atoms in total. The summed E-state index contributed by atoms with van der Waals surface area (Å²) in [5.74, 6) is 6.14.